The Morgan fingerprint density at radius 2 is 1.75 bits per heavy atom. The summed E-state index contributed by atoms with van der Waals surface area (Å²) in [6.45, 7) is 4.28. The lowest BCUT2D eigenvalue weighted by Crippen LogP contribution is -2.51. The maximum atomic E-state index is 12.4. The molecule has 24 heavy (non-hydrogen) atoms. The number of carbonyl (C=O) groups is 1. The minimum atomic E-state index is -3.17. The van der Waals surface area contributed by atoms with Crippen LogP contribution in [0.5, 0.6) is 11.5 Å². The van der Waals surface area contributed by atoms with E-state index in [1.807, 2.05) is 18.2 Å². The number of piperazine rings is 1. The zero-order valence-corrected chi connectivity index (χ0v) is 14.5. The van der Waals surface area contributed by atoms with Gasteiger partial charge in [-0.2, -0.15) is 4.31 Å². The van der Waals surface area contributed by atoms with Gasteiger partial charge < -0.3 is 14.4 Å². The van der Waals surface area contributed by atoms with Gasteiger partial charge in [0.1, 0.15) is 13.2 Å². The molecule has 1 aromatic carbocycles. The van der Waals surface area contributed by atoms with Crippen molar-refractivity contribution in [1.29, 1.82) is 0 Å². The first-order chi connectivity index (χ1) is 11.5. The summed E-state index contributed by atoms with van der Waals surface area (Å²) in [6, 6.07) is 5.52. The largest absolute Gasteiger partial charge is 0.486 e. The van der Waals surface area contributed by atoms with Crippen molar-refractivity contribution in [3.8, 4) is 11.5 Å². The fourth-order valence-electron chi connectivity index (χ4n) is 2.88. The molecule has 0 spiro atoms. The molecule has 0 N–H and O–H groups in total. The maximum absolute atomic E-state index is 12.4. The second kappa shape index (κ2) is 6.98. The molecule has 3 rings (SSSR count). The third kappa shape index (κ3) is 3.64. The number of sulfonamides is 1. The van der Waals surface area contributed by atoms with E-state index in [2.05, 4.69) is 0 Å². The summed E-state index contributed by atoms with van der Waals surface area (Å²) in [4.78, 5) is 14.2. The van der Waals surface area contributed by atoms with Crippen LogP contribution in [0.3, 0.4) is 0 Å². The van der Waals surface area contributed by atoms with Gasteiger partial charge in [0.15, 0.2) is 11.5 Å². The Hall–Kier alpha value is -1.80. The minimum absolute atomic E-state index is 0.000208. The van der Waals surface area contributed by atoms with Crippen LogP contribution in [0.1, 0.15) is 12.5 Å². The molecule has 8 heteroatoms. The van der Waals surface area contributed by atoms with Crippen molar-refractivity contribution in [1.82, 2.24) is 9.21 Å². The second-order valence-corrected chi connectivity index (χ2v) is 8.09. The summed E-state index contributed by atoms with van der Waals surface area (Å²) in [6.07, 6.45) is 0.275. The highest BCUT2D eigenvalue weighted by Gasteiger charge is 2.27. The Balaban J connectivity index is 1.58. The lowest BCUT2D eigenvalue weighted by Gasteiger charge is -2.34. The third-order valence-corrected chi connectivity index (χ3v) is 6.19. The first-order valence-corrected chi connectivity index (χ1v) is 9.74. The van der Waals surface area contributed by atoms with Gasteiger partial charge in [-0.15, -0.1) is 0 Å². The van der Waals surface area contributed by atoms with Crippen LogP contribution in [-0.2, 0) is 21.2 Å². The van der Waals surface area contributed by atoms with Crippen LogP contribution < -0.4 is 9.47 Å². The van der Waals surface area contributed by atoms with Crippen molar-refractivity contribution in [2.45, 2.75) is 13.3 Å². The number of hydrogen-bond acceptors (Lipinski definition) is 5. The monoisotopic (exact) mass is 354 g/mol. The van der Waals surface area contributed by atoms with Crippen LogP contribution in [0.25, 0.3) is 0 Å². The highest BCUT2D eigenvalue weighted by atomic mass is 32.2. The van der Waals surface area contributed by atoms with Gasteiger partial charge in [0.2, 0.25) is 15.9 Å². The highest BCUT2D eigenvalue weighted by Crippen LogP contribution is 2.31. The number of carbonyl (C=O) groups excluding carboxylic acids is 1. The average molecular weight is 354 g/mol. The molecule has 0 saturated carbocycles. The van der Waals surface area contributed by atoms with Gasteiger partial charge in [0, 0.05) is 26.2 Å². The fourth-order valence-corrected chi connectivity index (χ4v) is 3.97. The Bertz CT molecular complexity index is 711. The van der Waals surface area contributed by atoms with Gasteiger partial charge in [-0.25, -0.2) is 8.42 Å². The number of benzene rings is 1. The number of rotatable bonds is 4. The topological polar surface area (TPSA) is 76.2 Å². The van der Waals surface area contributed by atoms with Crippen molar-refractivity contribution in [2.75, 3.05) is 45.1 Å². The number of hydrogen-bond donors (Lipinski definition) is 0. The molecule has 2 aliphatic heterocycles. The molecule has 2 aliphatic rings. The fraction of sp³-hybridized carbons (Fsp3) is 0.562. The van der Waals surface area contributed by atoms with Gasteiger partial charge in [0.25, 0.3) is 0 Å². The molecular formula is C16H22N2O5S. The van der Waals surface area contributed by atoms with Crippen LogP contribution in [-0.4, -0.2) is 68.7 Å². The van der Waals surface area contributed by atoms with E-state index in [-0.39, 0.29) is 18.1 Å². The Labute approximate surface area is 142 Å². The number of nitrogens with zero attached hydrogens (tertiary/aromatic N) is 2. The number of amides is 1. The summed E-state index contributed by atoms with van der Waals surface area (Å²) < 4.78 is 36.2. The quantitative estimate of drug-likeness (QED) is 0.787. The van der Waals surface area contributed by atoms with Crippen molar-refractivity contribution < 1.29 is 22.7 Å². The molecule has 0 bridgehead atoms. The highest BCUT2D eigenvalue weighted by molar-refractivity contribution is 7.89. The zero-order valence-electron chi connectivity index (χ0n) is 13.7. The summed E-state index contributed by atoms with van der Waals surface area (Å²) in [5.41, 5.74) is 0.868. The molecule has 1 amide bonds. The average Bonchev–Trinajstić information content (AvgIpc) is 2.61. The lowest BCUT2D eigenvalue weighted by atomic mass is 10.1. The summed E-state index contributed by atoms with van der Waals surface area (Å²) in [5.74, 6) is 1.47. The van der Waals surface area contributed by atoms with E-state index in [4.69, 9.17) is 9.47 Å². The van der Waals surface area contributed by atoms with E-state index in [1.165, 1.54) is 4.31 Å². The molecule has 132 valence electrons. The maximum Gasteiger partial charge on any atom is 0.227 e. The number of fused-ring (bicyclic) bond motifs is 1. The molecule has 0 atom stereocenters. The molecule has 2 heterocycles. The van der Waals surface area contributed by atoms with E-state index in [1.54, 1.807) is 11.8 Å². The van der Waals surface area contributed by atoms with Gasteiger partial charge >= 0.3 is 0 Å². The summed E-state index contributed by atoms with van der Waals surface area (Å²) >= 11 is 0. The Morgan fingerprint density at radius 1 is 1.08 bits per heavy atom. The molecule has 1 fully saturated rings. The van der Waals surface area contributed by atoms with Crippen molar-refractivity contribution in [3.63, 3.8) is 0 Å². The van der Waals surface area contributed by atoms with Crippen LogP contribution >= 0.6 is 0 Å². The third-order valence-electron chi connectivity index (χ3n) is 4.31. The summed E-state index contributed by atoms with van der Waals surface area (Å²) in [7, 11) is -3.17. The zero-order chi connectivity index (χ0) is 17.2. The van der Waals surface area contributed by atoms with E-state index in [0.29, 0.717) is 50.9 Å². The molecule has 0 unspecified atom stereocenters. The predicted molar refractivity (Wildman–Crippen MR) is 88.7 cm³/mol. The van der Waals surface area contributed by atoms with Crippen LogP contribution in [0.4, 0.5) is 0 Å². The molecule has 0 aliphatic carbocycles. The van der Waals surface area contributed by atoms with Gasteiger partial charge in [-0.05, 0) is 24.6 Å². The van der Waals surface area contributed by atoms with E-state index in [0.717, 1.165) is 5.56 Å². The Kier molecular flexibility index (Phi) is 4.96. The summed E-state index contributed by atoms with van der Waals surface area (Å²) in [5, 5.41) is 0. The lowest BCUT2D eigenvalue weighted by molar-refractivity contribution is -0.131. The van der Waals surface area contributed by atoms with Crippen molar-refractivity contribution in [3.05, 3.63) is 23.8 Å². The second-order valence-electron chi connectivity index (χ2n) is 5.84. The molecule has 0 radical (unpaired) electrons. The van der Waals surface area contributed by atoms with Crippen LogP contribution in [0, 0.1) is 0 Å². The van der Waals surface area contributed by atoms with E-state index < -0.39 is 10.0 Å². The molecule has 1 aromatic rings. The van der Waals surface area contributed by atoms with Gasteiger partial charge in [-0.1, -0.05) is 6.07 Å². The molecule has 7 nitrogen and oxygen atoms in total. The van der Waals surface area contributed by atoms with E-state index in [9.17, 15) is 13.2 Å². The number of ether oxygens (including phenoxy) is 2. The molecule has 0 aromatic heterocycles. The van der Waals surface area contributed by atoms with Crippen LogP contribution in [0.2, 0.25) is 0 Å². The van der Waals surface area contributed by atoms with Crippen LogP contribution in [0.15, 0.2) is 18.2 Å². The predicted octanol–water partition coefficient (Wildman–Crippen LogP) is 0.494. The molecular weight excluding hydrogens is 332 g/mol. The molecule has 1 saturated heterocycles. The first kappa shape index (κ1) is 17.0. The van der Waals surface area contributed by atoms with Gasteiger partial charge in [0.05, 0.1) is 12.2 Å². The van der Waals surface area contributed by atoms with E-state index >= 15 is 0 Å². The SMILES string of the molecule is CCS(=O)(=O)N1CCN(C(=O)Cc2ccc3c(c2)OCCO3)CC1. The van der Waals surface area contributed by atoms with Crippen molar-refractivity contribution >= 4 is 15.9 Å². The smallest absolute Gasteiger partial charge is 0.227 e. The minimum Gasteiger partial charge on any atom is -0.486 e. The Morgan fingerprint density at radius 3 is 2.42 bits per heavy atom. The first-order valence-electron chi connectivity index (χ1n) is 8.14. The van der Waals surface area contributed by atoms with Crippen molar-refractivity contribution in [2.24, 2.45) is 0 Å². The van der Waals surface area contributed by atoms with Gasteiger partial charge in [-0.3, -0.25) is 4.79 Å². The normalized spacial score (nSPS) is 18.5. The standard InChI is InChI=1S/C16H22N2O5S/c1-2-24(20,21)18-7-5-17(6-8-18)16(19)12-13-3-4-14-15(11-13)23-10-9-22-14/h3-4,11H,2,5-10,12H2,1H3.